The number of benzene rings is 1. The molecule has 0 spiro atoms. The van der Waals surface area contributed by atoms with E-state index in [2.05, 4.69) is 39.1 Å². The van der Waals surface area contributed by atoms with E-state index >= 15 is 0 Å². The highest BCUT2D eigenvalue weighted by molar-refractivity contribution is 7.99. The van der Waals surface area contributed by atoms with Crippen LogP contribution in [0.25, 0.3) is 0 Å². The highest BCUT2D eigenvalue weighted by Crippen LogP contribution is 2.17. The molecule has 0 atom stereocenters. The van der Waals surface area contributed by atoms with Crippen LogP contribution in [0.5, 0.6) is 0 Å². The average molecular weight is 349 g/mol. The highest BCUT2D eigenvalue weighted by atomic mass is 32.2. The van der Waals surface area contributed by atoms with Gasteiger partial charge in [0.05, 0.1) is 12.6 Å². The average Bonchev–Trinajstić information content (AvgIpc) is 2.63. The zero-order valence-corrected chi connectivity index (χ0v) is 15.0. The van der Waals surface area contributed by atoms with Gasteiger partial charge in [0.15, 0.2) is 5.96 Å². The predicted molar refractivity (Wildman–Crippen MR) is 101 cm³/mol. The van der Waals surface area contributed by atoms with Crippen molar-refractivity contribution in [3.8, 4) is 0 Å². The SMILES string of the molecule is NC(=NCc1ccccc1CN1CCC(O)CC1)N1CCSCC1. The number of rotatable bonds is 4. The molecule has 0 aliphatic carbocycles. The van der Waals surface area contributed by atoms with Gasteiger partial charge in [0, 0.05) is 44.2 Å². The van der Waals surface area contributed by atoms with Gasteiger partial charge in [-0.1, -0.05) is 24.3 Å². The molecule has 3 N–H and O–H groups in total. The molecule has 0 unspecified atom stereocenters. The molecular weight excluding hydrogens is 320 g/mol. The molecule has 3 rings (SSSR count). The number of aliphatic hydroxyl groups excluding tert-OH is 1. The molecule has 2 heterocycles. The van der Waals surface area contributed by atoms with Crippen LogP contribution < -0.4 is 5.73 Å². The number of nitrogens with zero attached hydrogens (tertiary/aromatic N) is 3. The highest BCUT2D eigenvalue weighted by Gasteiger charge is 2.18. The van der Waals surface area contributed by atoms with E-state index in [0.29, 0.717) is 12.5 Å². The maximum atomic E-state index is 9.65. The third-order valence-corrected chi connectivity index (χ3v) is 5.76. The molecule has 0 amide bonds. The Hall–Kier alpha value is -1.24. The number of hydrogen-bond donors (Lipinski definition) is 2. The number of thioether (sulfide) groups is 1. The van der Waals surface area contributed by atoms with Crippen molar-refractivity contribution in [1.29, 1.82) is 0 Å². The molecule has 6 heteroatoms. The molecule has 5 nitrogen and oxygen atoms in total. The lowest BCUT2D eigenvalue weighted by Gasteiger charge is -2.30. The second-order valence-corrected chi connectivity index (χ2v) is 7.77. The Kier molecular flexibility index (Phi) is 6.40. The lowest BCUT2D eigenvalue weighted by Crippen LogP contribution is -2.42. The monoisotopic (exact) mass is 348 g/mol. The van der Waals surface area contributed by atoms with E-state index in [-0.39, 0.29) is 6.10 Å². The first-order valence-corrected chi connectivity index (χ1v) is 9.97. The van der Waals surface area contributed by atoms with Gasteiger partial charge in [-0.15, -0.1) is 0 Å². The first-order valence-electron chi connectivity index (χ1n) is 8.82. The molecule has 0 radical (unpaired) electrons. The van der Waals surface area contributed by atoms with Crippen molar-refractivity contribution in [2.45, 2.75) is 32.0 Å². The molecule has 2 fully saturated rings. The summed E-state index contributed by atoms with van der Waals surface area (Å²) in [6.45, 7) is 5.50. The van der Waals surface area contributed by atoms with Gasteiger partial charge in [-0.2, -0.15) is 11.8 Å². The molecule has 2 aliphatic rings. The summed E-state index contributed by atoms with van der Waals surface area (Å²) < 4.78 is 0. The smallest absolute Gasteiger partial charge is 0.191 e. The fraction of sp³-hybridized carbons (Fsp3) is 0.611. The summed E-state index contributed by atoms with van der Waals surface area (Å²) in [7, 11) is 0. The fourth-order valence-electron chi connectivity index (χ4n) is 3.24. The molecule has 0 aromatic heterocycles. The maximum Gasteiger partial charge on any atom is 0.191 e. The third kappa shape index (κ3) is 4.88. The Bertz CT molecular complexity index is 552. The van der Waals surface area contributed by atoms with Crippen LogP contribution in [0.4, 0.5) is 0 Å². The Balaban J connectivity index is 1.61. The van der Waals surface area contributed by atoms with Crippen molar-refractivity contribution in [2.24, 2.45) is 10.7 Å². The second-order valence-electron chi connectivity index (χ2n) is 6.55. The van der Waals surface area contributed by atoms with Crippen molar-refractivity contribution >= 4 is 17.7 Å². The van der Waals surface area contributed by atoms with Crippen LogP contribution >= 0.6 is 11.8 Å². The van der Waals surface area contributed by atoms with Gasteiger partial charge in [-0.3, -0.25) is 4.90 Å². The van der Waals surface area contributed by atoms with Gasteiger partial charge in [0.2, 0.25) is 0 Å². The molecule has 2 saturated heterocycles. The van der Waals surface area contributed by atoms with Crippen LogP contribution in [-0.2, 0) is 13.1 Å². The van der Waals surface area contributed by atoms with Gasteiger partial charge in [-0.25, -0.2) is 4.99 Å². The maximum absolute atomic E-state index is 9.65. The van der Waals surface area contributed by atoms with Gasteiger partial charge >= 0.3 is 0 Å². The normalized spacial score (nSPS) is 21.2. The first-order chi connectivity index (χ1) is 11.7. The molecule has 1 aromatic carbocycles. The van der Waals surface area contributed by atoms with Crippen LogP contribution in [0.15, 0.2) is 29.3 Å². The van der Waals surface area contributed by atoms with Gasteiger partial charge in [0.25, 0.3) is 0 Å². The van der Waals surface area contributed by atoms with Crippen molar-refractivity contribution in [3.05, 3.63) is 35.4 Å². The van der Waals surface area contributed by atoms with Crippen molar-refractivity contribution in [1.82, 2.24) is 9.80 Å². The molecule has 132 valence electrons. The molecular formula is C18H28N4OS. The summed E-state index contributed by atoms with van der Waals surface area (Å²) in [4.78, 5) is 9.24. The quantitative estimate of drug-likeness (QED) is 0.638. The second kappa shape index (κ2) is 8.74. The number of hydrogen-bond acceptors (Lipinski definition) is 4. The van der Waals surface area contributed by atoms with Crippen molar-refractivity contribution in [2.75, 3.05) is 37.7 Å². The van der Waals surface area contributed by atoms with Gasteiger partial charge in [-0.05, 0) is 24.0 Å². The van der Waals surface area contributed by atoms with E-state index in [1.165, 1.54) is 11.1 Å². The first kappa shape index (κ1) is 17.6. The van der Waals surface area contributed by atoms with Crippen LogP contribution in [0.2, 0.25) is 0 Å². The number of nitrogens with two attached hydrogens (primary N) is 1. The van der Waals surface area contributed by atoms with E-state index in [4.69, 9.17) is 5.73 Å². The zero-order valence-electron chi connectivity index (χ0n) is 14.2. The molecule has 24 heavy (non-hydrogen) atoms. The number of aliphatic imine (C=N–C) groups is 1. The number of aliphatic hydroxyl groups is 1. The van der Waals surface area contributed by atoms with E-state index in [1.54, 1.807) is 0 Å². The van der Waals surface area contributed by atoms with E-state index in [9.17, 15) is 5.11 Å². The van der Waals surface area contributed by atoms with Crippen molar-refractivity contribution < 1.29 is 5.11 Å². The van der Waals surface area contributed by atoms with E-state index in [0.717, 1.165) is 57.1 Å². The number of likely N-dealkylation sites (tertiary alicyclic amines) is 1. The lowest BCUT2D eigenvalue weighted by molar-refractivity contribution is 0.0791. The summed E-state index contributed by atoms with van der Waals surface area (Å²) in [5, 5.41) is 9.65. The van der Waals surface area contributed by atoms with Crippen LogP contribution in [0, 0.1) is 0 Å². The minimum atomic E-state index is -0.122. The Morgan fingerprint density at radius 1 is 1.12 bits per heavy atom. The summed E-state index contributed by atoms with van der Waals surface area (Å²) >= 11 is 1.98. The van der Waals surface area contributed by atoms with Gasteiger partial charge < -0.3 is 15.7 Å². The lowest BCUT2D eigenvalue weighted by atomic mass is 10.0. The predicted octanol–water partition coefficient (Wildman–Crippen LogP) is 1.51. The number of guanidine groups is 1. The third-order valence-electron chi connectivity index (χ3n) is 4.82. The summed E-state index contributed by atoms with van der Waals surface area (Å²) in [5.74, 6) is 2.94. The zero-order chi connectivity index (χ0) is 16.8. The van der Waals surface area contributed by atoms with Crippen LogP contribution in [0.3, 0.4) is 0 Å². The fourth-order valence-corrected chi connectivity index (χ4v) is 4.15. The summed E-state index contributed by atoms with van der Waals surface area (Å²) in [5.41, 5.74) is 8.74. The van der Waals surface area contributed by atoms with Gasteiger partial charge in [0.1, 0.15) is 0 Å². The molecule has 0 saturated carbocycles. The standard InChI is InChI=1S/C18H28N4OS/c19-18(22-9-11-24-12-10-22)20-13-15-3-1-2-4-16(15)14-21-7-5-17(23)6-8-21/h1-4,17,23H,5-14H2,(H2,19,20). The Morgan fingerprint density at radius 3 is 2.50 bits per heavy atom. The van der Waals surface area contributed by atoms with E-state index < -0.39 is 0 Å². The van der Waals surface area contributed by atoms with Crippen LogP contribution in [0.1, 0.15) is 24.0 Å². The number of piperidine rings is 1. The Labute approximate surface area is 148 Å². The van der Waals surface area contributed by atoms with Crippen molar-refractivity contribution in [3.63, 3.8) is 0 Å². The minimum absolute atomic E-state index is 0.122. The largest absolute Gasteiger partial charge is 0.393 e. The molecule has 1 aromatic rings. The minimum Gasteiger partial charge on any atom is -0.393 e. The molecule has 2 aliphatic heterocycles. The van der Waals surface area contributed by atoms with E-state index in [1.807, 2.05) is 11.8 Å². The summed E-state index contributed by atoms with van der Waals surface area (Å²) in [6.07, 6.45) is 1.63. The Morgan fingerprint density at radius 2 is 1.79 bits per heavy atom. The topological polar surface area (TPSA) is 65.1 Å². The van der Waals surface area contributed by atoms with Crippen LogP contribution in [-0.4, -0.2) is 64.7 Å². The summed E-state index contributed by atoms with van der Waals surface area (Å²) in [6, 6.07) is 8.50. The molecule has 0 bridgehead atoms.